The Labute approximate surface area is 171 Å². The first kappa shape index (κ1) is 21.3. The van der Waals surface area contributed by atoms with E-state index in [1.807, 2.05) is 6.92 Å². The van der Waals surface area contributed by atoms with Crippen molar-refractivity contribution in [3.05, 3.63) is 35.4 Å². The van der Waals surface area contributed by atoms with Crippen LogP contribution in [0, 0.1) is 11.6 Å². The SMILES string of the molecule is CCNC(=NCCN1CCCCC1)NC1CC1c1c(F)cccc1F.I. The normalized spacial score (nSPS) is 23.3. The third-order valence-electron chi connectivity index (χ3n) is 4.96. The first-order valence-electron chi connectivity index (χ1n) is 9.40. The second-order valence-electron chi connectivity index (χ2n) is 6.89. The lowest BCUT2D eigenvalue weighted by molar-refractivity contribution is 0.235. The molecule has 146 valence electrons. The lowest BCUT2D eigenvalue weighted by atomic mass is 10.1. The van der Waals surface area contributed by atoms with Crippen LogP contribution in [0.5, 0.6) is 0 Å². The van der Waals surface area contributed by atoms with Gasteiger partial charge < -0.3 is 15.5 Å². The molecule has 1 saturated heterocycles. The van der Waals surface area contributed by atoms with E-state index in [0.29, 0.717) is 0 Å². The first-order valence-corrected chi connectivity index (χ1v) is 9.40. The maximum absolute atomic E-state index is 13.9. The van der Waals surface area contributed by atoms with Gasteiger partial charge in [0.1, 0.15) is 11.6 Å². The summed E-state index contributed by atoms with van der Waals surface area (Å²) in [5.41, 5.74) is 0.198. The molecular weight excluding hydrogens is 449 g/mol. The minimum absolute atomic E-state index is 0. The van der Waals surface area contributed by atoms with Crippen LogP contribution in [-0.2, 0) is 0 Å². The van der Waals surface area contributed by atoms with E-state index in [-0.39, 0.29) is 41.5 Å². The van der Waals surface area contributed by atoms with Crippen molar-refractivity contribution in [1.29, 1.82) is 0 Å². The molecule has 26 heavy (non-hydrogen) atoms. The first-order chi connectivity index (χ1) is 12.2. The van der Waals surface area contributed by atoms with E-state index in [2.05, 4.69) is 20.5 Å². The van der Waals surface area contributed by atoms with Gasteiger partial charge in [-0.1, -0.05) is 12.5 Å². The van der Waals surface area contributed by atoms with E-state index in [9.17, 15) is 8.78 Å². The molecule has 1 heterocycles. The largest absolute Gasteiger partial charge is 0.357 e. The van der Waals surface area contributed by atoms with Crippen molar-refractivity contribution in [2.75, 3.05) is 32.7 Å². The van der Waals surface area contributed by atoms with Crippen LogP contribution in [0.2, 0.25) is 0 Å². The Kier molecular flexibility index (Phi) is 8.53. The van der Waals surface area contributed by atoms with Crippen LogP contribution in [0.4, 0.5) is 8.78 Å². The minimum atomic E-state index is -0.457. The fraction of sp³-hybridized carbons (Fsp3) is 0.632. The molecule has 1 saturated carbocycles. The highest BCUT2D eigenvalue weighted by atomic mass is 127. The van der Waals surface area contributed by atoms with Crippen LogP contribution in [0.15, 0.2) is 23.2 Å². The lowest BCUT2D eigenvalue weighted by Gasteiger charge is -2.25. The zero-order valence-corrected chi connectivity index (χ0v) is 17.6. The monoisotopic (exact) mass is 478 g/mol. The number of nitrogens with zero attached hydrogens (tertiary/aromatic N) is 2. The molecule has 0 radical (unpaired) electrons. The Morgan fingerprint density at radius 3 is 2.54 bits per heavy atom. The smallest absolute Gasteiger partial charge is 0.191 e. The molecule has 4 nitrogen and oxygen atoms in total. The summed E-state index contributed by atoms with van der Waals surface area (Å²) >= 11 is 0. The number of rotatable bonds is 6. The van der Waals surface area contributed by atoms with Crippen molar-refractivity contribution in [3.63, 3.8) is 0 Å². The Balaban J connectivity index is 0.00000243. The van der Waals surface area contributed by atoms with Gasteiger partial charge in [0, 0.05) is 30.6 Å². The second-order valence-corrected chi connectivity index (χ2v) is 6.89. The maximum atomic E-state index is 13.9. The van der Waals surface area contributed by atoms with Crippen molar-refractivity contribution in [2.24, 2.45) is 4.99 Å². The second kappa shape index (κ2) is 10.4. The van der Waals surface area contributed by atoms with Gasteiger partial charge in [-0.15, -0.1) is 24.0 Å². The van der Waals surface area contributed by atoms with E-state index in [1.165, 1.54) is 37.5 Å². The van der Waals surface area contributed by atoms with Gasteiger partial charge in [0.05, 0.1) is 6.54 Å². The molecule has 3 rings (SSSR count). The quantitative estimate of drug-likeness (QED) is 0.374. The van der Waals surface area contributed by atoms with Gasteiger partial charge in [0.25, 0.3) is 0 Å². The number of likely N-dealkylation sites (tertiary alicyclic amines) is 1. The third kappa shape index (κ3) is 5.77. The molecule has 1 aliphatic carbocycles. The summed E-state index contributed by atoms with van der Waals surface area (Å²) < 4.78 is 27.8. The highest BCUT2D eigenvalue weighted by Crippen LogP contribution is 2.43. The summed E-state index contributed by atoms with van der Waals surface area (Å²) in [6.07, 6.45) is 4.62. The third-order valence-corrected chi connectivity index (χ3v) is 4.96. The van der Waals surface area contributed by atoms with Crippen molar-refractivity contribution in [1.82, 2.24) is 15.5 Å². The van der Waals surface area contributed by atoms with Crippen LogP contribution >= 0.6 is 24.0 Å². The molecule has 2 fully saturated rings. The summed E-state index contributed by atoms with van der Waals surface area (Å²) in [5.74, 6) is -0.293. The van der Waals surface area contributed by atoms with Gasteiger partial charge in [-0.05, 0) is 51.4 Å². The molecular formula is C19H29F2IN4. The fourth-order valence-corrected chi connectivity index (χ4v) is 3.52. The predicted molar refractivity (Wildman–Crippen MR) is 112 cm³/mol. The van der Waals surface area contributed by atoms with Crippen molar-refractivity contribution in [3.8, 4) is 0 Å². The van der Waals surface area contributed by atoms with Crippen LogP contribution in [0.1, 0.15) is 44.1 Å². The van der Waals surface area contributed by atoms with Crippen LogP contribution < -0.4 is 10.6 Å². The molecule has 1 aromatic rings. The maximum Gasteiger partial charge on any atom is 0.191 e. The number of nitrogens with one attached hydrogen (secondary N) is 2. The van der Waals surface area contributed by atoms with Gasteiger partial charge >= 0.3 is 0 Å². The van der Waals surface area contributed by atoms with Gasteiger partial charge in [-0.25, -0.2) is 8.78 Å². The van der Waals surface area contributed by atoms with E-state index in [0.717, 1.165) is 45.1 Å². The van der Waals surface area contributed by atoms with E-state index >= 15 is 0 Å². The number of guanidine groups is 1. The molecule has 7 heteroatoms. The van der Waals surface area contributed by atoms with Crippen LogP contribution in [0.3, 0.4) is 0 Å². The molecule has 2 aliphatic rings. The molecule has 1 aromatic carbocycles. The summed E-state index contributed by atoms with van der Waals surface area (Å²) in [5, 5.41) is 6.55. The molecule has 2 atom stereocenters. The number of aliphatic imine (C=N–C) groups is 1. The molecule has 1 aliphatic heterocycles. The molecule has 0 spiro atoms. The number of halogens is 3. The van der Waals surface area contributed by atoms with E-state index in [1.54, 1.807) is 0 Å². The Hall–Kier alpha value is -0.960. The van der Waals surface area contributed by atoms with Gasteiger partial charge in [-0.3, -0.25) is 4.99 Å². The van der Waals surface area contributed by atoms with Crippen molar-refractivity contribution < 1.29 is 8.78 Å². The Morgan fingerprint density at radius 2 is 1.88 bits per heavy atom. The highest BCUT2D eigenvalue weighted by Gasteiger charge is 2.42. The number of benzene rings is 1. The van der Waals surface area contributed by atoms with Gasteiger partial charge in [0.2, 0.25) is 0 Å². The minimum Gasteiger partial charge on any atom is -0.357 e. The Bertz CT molecular complexity index is 585. The summed E-state index contributed by atoms with van der Waals surface area (Å²) in [6, 6.07) is 4.10. The van der Waals surface area contributed by atoms with Crippen LogP contribution in [-0.4, -0.2) is 49.6 Å². The number of hydrogen-bond donors (Lipinski definition) is 2. The van der Waals surface area contributed by atoms with E-state index < -0.39 is 11.6 Å². The predicted octanol–water partition coefficient (Wildman–Crippen LogP) is 3.48. The fourth-order valence-electron chi connectivity index (χ4n) is 3.52. The molecule has 0 aromatic heterocycles. The summed E-state index contributed by atoms with van der Waals surface area (Å²) in [6.45, 7) is 6.81. The number of hydrogen-bond acceptors (Lipinski definition) is 2. The zero-order chi connectivity index (χ0) is 17.6. The topological polar surface area (TPSA) is 39.7 Å². The van der Waals surface area contributed by atoms with Crippen molar-refractivity contribution in [2.45, 2.75) is 44.6 Å². The summed E-state index contributed by atoms with van der Waals surface area (Å²) in [7, 11) is 0. The van der Waals surface area contributed by atoms with E-state index in [4.69, 9.17) is 0 Å². The molecule has 0 amide bonds. The average Bonchev–Trinajstić information content (AvgIpc) is 3.34. The zero-order valence-electron chi connectivity index (χ0n) is 15.3. The molecule has 0 bridgehead atoms. The molecule has 2 unspecified atom stereocenters. The lowest BCUT2D eigenvalue weighted by Crippen LogP contribution is -2.40. The Morgan fingerprint density at radius 1 is 1.19 bits per heavy atom. The molecule has 2 N–H and O–H groups in total. The van der Waals surface area contributed by atoms with Crippen LogP contribution in [0.25, 0.3) is 0 Å². The summed E-state index contributed by atoms with van der Waals surface area (Å²) in [4.78, 5) is 7.08. The average molecular weight is 478 g/mol. The van der Waals surface area contributed by atoms with Crippen molar-refractivity contribution >= 4 is 29.9 Å². The standard InChI is InChI=1S/C19H28F2N4.HI/c1-2-22-19(23-9-12-25-10-4-3-5-11-25)24-17-13-14(17)18-15(20)7-6-8-16(18)21;/h6-8,14,17H,2-5,9-13H2,1H3,(H2,22,23,24);1H. The van der Waals surface area contributed by atoms with Gasteiger partial charge in [0.15, 0.2) is 5.96 Å². The highest BCUT2D eigenvalue weighted by molar-refractivity contribution is 14.0. The number of piperidine rings is 1. The van der Waals surface area contributed by atoms with Gasteiger partial charge in [-0.2, -0.15) is 0 Å².